The minimum absolute atomic E-state index is 0.00565. The maximum absolute atomic E-state index is 6.71. The topological polar surface area (TPSA) is 34.8 Å². The standard InChI is InChI=1S/C40H24BNO3/c1-3-11-27(12-4-1)42(28-13-5-2-6-14-28)29-20-19-25-22-30-31-24-37-38-40(39(31)45-36(30)23-26(25)21-29)44-35-18-10-8-16-33(35)41(38)32-15-7-9-17-34(32)43-37/h1-24H. The Kier molecular flexibility index (Phi) is 5.05. The molecule has 0 unspecified atom stereocenters. The molecule has 2 aliphatic heterocycles. The third-order valence-electron chi connectivity index (χ3n) is 9.13. The second-order valence-corrected chi connectivity index (χ2v) is 11.7. The Balaban J connectivity index is 1.18. The van der Waals surface area contributed by atoms with Crippen LogP contribution in [0, 0.1) is 0 Å². The molecule has 4 nitrogen and oxygen atoms in total. The van der Waals surface area contributed by atoms with E-state index < -0.39 is 0 Å². The number of fused-ring (bicyclic) bond motifs is 9. The van der Waals surface area contributed by atoms with Gasteiger partial charge in [-0.15, -0.1) is 0 Å². The molecular formula is C40H24BNO3. The van der Waals surface area contributed by atoms with Crippen LogP contribution in [0.25, 0.3) is 32.7 Å². The first-order chi connectivity index (χ1) is 22.3. The smallest absolute Gasteiger partial charge is 0.260 e. The average Bonchev–Trinajstić information content (AvgIpc) is 3.45. The van der Waals surface area contributed by atoms with Gasteiger partial charge in [-0.3, -0.25) is 0 Å². The monoisotopic (exact) mass is 577 g/mol. The van der Waals surface area contributed by atoms with Gasteiger partial charge in [-0.2, -0.15) is 0 Å². The summed E-state index contributed by atoms with van der Waals surface area (Å²) in [5.74, 6) is 3.28. The quantitative estimate of drug-likeness (QED) is 0.197. The largest absolute Gasteiger partial charge is 0.458 e. The van der Waals surface area contributed by atoms with Crippen LogP contribution < -0.4 is 30.8 Å². The van der Waals surface area contributed by atoms with Gasteiger partial charge in [-0.05, 0) is 88.4 Å². The fourth-order valence-electron chi connectivity index (χ4n) is 7.13. The van der Waals surface area contributed by atoms with Gasteiger partial charge < -0.3 is 18.8 Å². The molecule has 5 heteroatoms. The number of hydrogen-bond acceptors (Lipinski definition) is 4. The van der Waals surface area contributed by atoms with Crippen molar-refractivity contribution in [2.45, 2.75) is 0 Å². The van der Waals surface area contributed by atoms with Crippen molar-refractivity contribution in [3.05, 3.63) is 146 Å². The molecule has 0 fully saturated rings. The molecule has 10 rings (SSSR count). The van der Waals surface area contributed by atoms with Gasteiger partial charge in [0.1, 0.15) is 22.8 Å². The first-order valence-corrected chi connectivity index (χ1v) is 15.2. The zero-order valence-electron chi connectivity index (χ0n) is 24.1. The van der Waals surface area contributed by atoms with Crippen LogP contribution in [-0.4, -0.2) is 6.71 Å². The summed E-state index contributed by atoms with van der Waals surface area (Å²) in [6.07, 6.45) is 0. The van der Waals surface area contributed by atoms with E-state index in [-0.39, 0.29) is 6.71 Å². The second kappa shape index (κ2) is 9.28. The molecule has 1 aromatic heterocycles. The van der Waals surface area contributed by atoms with E-state index in [0.717, 1.165) is 89.2 Å². The van der Waals surface area contributed by atoms with Crippen LogP contribution in [0.1, 0.15) is 0 Å². The molecule has 0 radical (unpaired) electrons. The molecule has 2 aliphatic rings. The Hall–Kier alpha value is -5.94. The van der Waals surface area contributed by atoms with E-state index >= 15 is 0 Å². The lowest BCUT2D eigenvalue weighted by Gasteiger charge is -2.32. The normalized spacial score (nSPS) is 12.8. The van der Waals surface area contributed by atoms with Crippen LogP contribution >= 0.6 is 0 Å². The summed E-state index contributed by atoms with van der Waals surface area (Å²) in [6, 6.07) is 50.6. The summed E-state index contributed by atoms with van der Waals surface area (Å²) in [5.41, 5.74) is 8.14. The van der Waals surface area contributed by atoms with Crippen molar-refractivity contribution >= 4 is 72.9 Å². The van der Waals surface area contributed by atoms with Crippen molar-refractivity contribution < 1.29 is 13.9 Å². The predicted octanol–water partition coefficient (Wildman–Crippen LogP) is 8.94. The molecule has 210 valence electrons. The lowest BCUT2D eigenvalue weighted by Crippen LogP contribution is -2.57. The van der Waals surface area contributed by atoms with Crippen molar-refractivity contribution in [1.29, 1.82) is 0 Å². The van der Waals surface area contributed by atoms with Crippen molar-refractivity contribution in [2.24, 2.45) is 0 Å². The first-order valence-electron chi connectivity index (χ1n) is 15.2. The van der Waals surface area contributed by atoms with Gasteiger partial charge in [0.2, 0.25) is 0 Å². The highest BCUT2D eigenvalue weighted by molar-refractivity contribution is 6.98. The molecule has 0 atom stereocenters. The van der Waals surface area contributed by atoms with E-state index in [1.165, 1.54) is 0 Å². The molecule has 7 aromatic carbocycles. The zero-order chi connectivity index (χ0) is 29.5. The maximum atomic E-state index is 6.71. The Bertz CT molecular complexity index is 2400. The molecule has 3 heterocycles. The van der Waals surface area contributed by atoms with Gasteiger partial charge in [0.25, 0.3) is 6.71 Å². The van der Waals surface area contributed by atoms with E-state index in [9.17, 15) is 0 Å². The van der Waals surface area contributed by atoms with Gasteiger partial charge in [0.05, 0.1) is 0 Å². The number of benzene rings is 7. The van der Waals surface area contributed by atoms with Crippen LogP contribution in [-0.2, 0) is 0 Å². The maximum Gasteiger partial charge on any atom is 0.260 e. The van der Waals surface area contributed by atoms with E-state index in [0.29, 0.717) is 0 Å². The summed E-state index contributed by atoms with van der Waals surface area (Å²) in [7, 11) is 0. The Morgan fingerprint density at radius 3 is 1.82 bits per heavy atom. The summed E-state index contributed by atoms with van der Waals surface area (Å²) >= 11 is 0. The molecule has 0 saturated carbocycles. The number of hydrogen-bond donors (Lipinski definition) is 0. The van der Waals surface area contributed by atoms with Crippen LogP contribution in [0.3, 0.4) is 0 Å². The highest BCUT2D eigenvalue weighted by Gasteiger charge is 2.41. The number of furan rings is 1. The van der Waals surface area contributed by atoms with Gasteiger partial charge in [0, 0.05) is 33.3 Å². The number of rotatable bonds is 3. The fraction of sp³-hybridized carbons (Fsp3) is 0. The Morgan fingerprint density at radius 1 is 0.467 bits per heavy atom. The molecule has 0 aliphatic carbocycles. The van der Waals surface area contributed by atoms with Crippen LogP contribution in [0.4, 0.5) is 17.1 Å². The number of anilines is 3. The highest BCUT2D eigenvalue weighted by Crippen LogP contribution is 2.44. The molecule has 0 N–H and O–H groups in total. The van der Waals surface area contributed by atoms with Gasteiger partial charge in [-0.1, -0.05) is 78.9 Å². The van der Waals surface area contributed by atoms with E-state index in [4.69, 9.17) is 13.9 Å². The summed E-state index contributed by atoms with van der Waals surface area (Å²) in [6.45, 7) is 0.00565. The van der Waals surface area contributed by atoms with Crippen molar-refractivity contribution in [2.75, 3.05) is 4.90 Å². The highest BCUT2D eigenvalue weighted by atomic mass is 16.5. The van der Waals surface area contributed by atoms with E-state index in [1.807, 2.05) is 36.4 Å². The molecular weight excluding hydrogens is 553 g/mol. The summed E-state index contributed by atoms with van der Waals surface area (Å²) in [4.78, 5) is 2.28. The minimum atomic E-state index is 0.00565. The van der Waals surface area contributed by atoms with Gasteiger partial charge >= 0.3 is 0 Å². The van der Waals surface area contributed by atoms with Crippen molar-refractivity contribution in [3.8, 4) is 23.0 Å². The average molecular weight is 577 g/mol. The lowest BCUT2D eigenvalue weighted by molar-refractivity contribution is 0.462. The Morgan fingerprint density at radius 2 is 1.11 bits per heavy atom. The van der Waals surface area contributed by atoms with E-state index in [2.05, 4.69) is 114 Å². The molecule has 0 spiro atoms. The van der Waals surface area contributed by atoms with Gasteiger partial charge in [-0.25, -0.2) is 0 Å². The molecule has 0 amide bonds. The fourth-order valence-corrected chi connectivity index (χ4v) is 7.13. The van der Waals surface area contributed by atoms with Crippen LogP contribution in [0.5, 0.6) is 23.0 Å². The predicted molar refractivity (Wildman–Crippen MR) is 184 cm³/mol. The summed E-state index contributed by atoms with van der Waals surface area (Å²) in [5, 5.41) is 4.25. The molecule has 0 bridgehead atoms. The SMILES string of the molecule is c1ccc(N(c2ccccc2)c2ccc3cc4c(cc3c2)oc2c3c5c(cc24)Oc2ccccc2B5c2ccccc2O3)cc1. The van der Waals surface area contributed by atoms with Crippen molar-refractivity contribution in [3.63, 3.8) is 0 Å². The zero-order valence-corrected chi connectivity index (χ0v) is 24.1. The Labute approximate surface area is 259 Å². The molecule has 45 heavy (non-hydrogen) atoms. The number of nitrogens with zero attached hydrogens (tertiary/aromatic N) is 1. The lowest BCUT2D eigenvalue weighted by atomic mass is 9.35. The second-order valence-electron chi connectivity index (χ2n) is 11.7. The van der Waals surface area contributed by atoms with Crippen LogP contribution in [0.15, 0.2) is 150 Å². The van der Waals surface area contributed by atoms with Crippen molar-refractivity contribution in [1.82, 2.24) is 0 Å². The number of para-hydroxylation sites is 4. The third-order valence-corrected chi connectivity index (χ3v) is 9.13. The van der Waals surface area contributed by atoms with E-state index in [1.54, 1.807) is 0 Å². The number of ether oxygens (including phenoxy) is 2. The van der Waals surface area contributed by atoms with Gasteiger partial charge in [0.15, 0.2) is 11.3 Å². The minimum Gasteiger partial charge on any atom is -0.458 e. The summed E-state index contributed by atoms with van der Waals surface area (Å²) < 4.78 is 19.9. The molecule has 8 aromatic rings. The third kappa shape index (κ3) is 3.61. The van der Waals surface area contributed by atoms with Crippen LogP contribution in [0.2, 0.25) is 0 Å². The molecule has 0 saturated heterocycles. The first kappa shape index (κ1) is 24.5.